The van der Waals surface area contributed by atoms with E-state index in [9.17, 15) is 21.6 Å². The van der Waals surface area contributed by atoms with Crippen molar-refractivity contribution in [3.05, 3.63) is 60.9 Å². The molecule has 1 aromatic heterocycles. The lowest BCUT2D eigenvalue weighted by Crippen LogP contribution is -2.28. The highest BCUT2D eigenvalue weighted by atomic mass is 32.2. The Balaban J connectivity index is 2.05. The summed E-state index contributed by atoms with van der Waals surface area (Å²) in [4.78, 5) is 4.05. The Morgan fingerprint density at radius 3 is 2.33 bits per heavy atom. The highest BCUT2D eigenvalue weighted by Crippen LogP contribution is 2.32. The topological polar surface area (TPSA) is 56.3 Å². The van der Waals surface area contributed by atoms with Gasteiger partial charge in [0.25, 0.3) is 0 Å². The molecule has 3 aromatic rings. The van der Waals surface area contributed by atoms with E-state index in [2.05, 4.69) is 9.17 Å². The highest BCUT2D eigenvalue weighted by Gasteiger charge is 2.48. The summed E-state index contributed by atoms with van der Waals surface area (Å²) in [5, 5.41) is 1.18. The van der Waals surface area contributed by atoms with Gasteiger partial charge in [0.05, 0.1) is 0 Å². The van der Waals surface area contributed by atoms with Gasteiger partial charge in [-0.25, -0.2) is 0 Å². The lowest BCUT2D eigenvalue weighted by Gasteiger charge is -2.11. The van der Waals surface area contributed by atoms with E-state index >= 15 is 0 Å². The molecule has 0 spiro atoms. The van der Waals surface area contributed by atoms with Crippen molar-refractivity contribution in [1.82, 2.24) is 4.98 Å². The molecule has 2 aromatic carbocycles. The average Bonchev–Trinajstić information content (AvgIpc) is 2.53. The minimum absolute atomic E-state index is 0.424. The molecule has 0 bridgehead atoms. The van der Waals surface area contributed by atoms with Gasteiger partial charge in [0, 0.05) is 23.3 Å². The number of hydrogen-bond acceptors (Lipinski definition) is 4. The van der Waals surface area contributed by atoms with Gasteiger partial charge in [-0.2, -0.15) is 21.6 Å². The Kier molecular flexibility index (Phi) is 3.92. The van der Waals surface area contributed by atoms with Crippen LogP contribution in [0.1, 0.15) is 0 Å². The molecule has 0 radical (unpaired) electrons. The number of aromatic nitrogens is 1. The van der Waals surface area contributed by atoms with E-state index in [-0.39, 0.29) is 0 Å². The summed E-state index contributed by atoms with van der Waals surface area (Å²) in [5.74, 6) is -0.424. The number of pyridine rings is 1. The average molecular weight is 353 g/mol. The van der Waals surface area contributed by atoms with Gasteiger partial charge in [-0.05, 0) is 29.1 Å². The van der Waals surface area contributed by atoms with Crippen molar-refractivity contribution < 1.29 is 25.8 Å². The third-order valence-corrected chi connectivity index (χ3v) is 4.28. The summed E-state index contributed by atoms with van der Waals surface area (Å²) in [6.07, 6.45) is 3.06. The number of hydrogen-bond donors (Lipinski definition) is 0. The summed E-state index contributed by atoms with van der Waals surface area (Å²) in [6, 6.07) is 13.2. The Morgan fingerprint density at radius 1 is 0.958 bits per heavy atom. The van der Waals surface area contributed by atoms with Crippen LogP contribution in [0.2, 0.25) is 0 Å². The number of fused-ring (bicyclic) bond motifs is 1. The van der Waals surface area contributed by atoms with Crippen molar-refractivity contribution in [2.45, 2.75) is 5.51 Å². The Morgan fingerprint density at radius 2 is 1.67 bits per heavy atom. The zero-order valence-corrected chi connectivity index (χ0v) is 12.8. The van der Waals surface area contributed by atoms with E-state index in [1.54, 1.807) is 6.20 Å². The van der Waals surface area contributed by atoms with Gasteiger partial charge in [0.1, 0.15) is 5.75 Å². The monoisotopic (exact) mass is 353 g/mol. The first kappa shape index (κ1) is 16.3. The molecule has 0 atom stereocenters. The van der Waals surface area contributed by atoms with Gasteiger partial charge in [-0.15, -0.1) is 0 Å². The van der Waals surface area contributed by atoms with Gasteiger partial charge in [0.2, 0.25) is 0 Å². The Hall–Kier alpha value is -2.61. The van der Waals surface area contributed by atoms with Crippen molar-refractivity contribution in [2.24, 2.45) is 0 Å². The zero-order valence-electron chi connectivity index (χ0n) is 12.0. The van der Waals surface area contributed by atoms with Crippen LogP contribution in [0, 0.1) is 0 Å². The van der Waals surface area contributed by atoms with Gasteiger partial charge < -0.3 is 4.18 Å². The number of alkyl halides is 3. The molecule has 0 unspecified atom stereocenters. The van der Waals surface area contributed by atoms with Crippen LogP contribution >= 0.6 is 0 Å². The second-order valence-corrected chi connectivity index (χ2v) is 6.46. The van der Waals surface area contributed by atoms with Crippen molar-refractivity contribution in [1.29, 1.82) is 0 Å². The maximum absolute atomic E-state index is 12.4. The Labute approximate surface area is 135 Å². The molecule has 0 N–H and O–H groups in total. The fourth-order valence-corrected chi connectivity index (χ4v) is 2.68. The van der Waals surface area contributed by atoms with E-state index in [0.717, 1.165) is 11.1 Å². The van der Waals surface area contributed by atoms with Crippen LogP contribution in [0.5, 0.6) is 5.75 Å². The lowest BCUT2D eigenvalue weighted by atomic mass is 10.0. The first-order valence-electron chi connectivity index (χ1n) is 6.72. The van der Waals surface area contributed by atoms with Gasteiger partial charge >= 0.3 is 15.6 Å². The molecule has 0 saturated heterocycles. The molecular formula is C16H10F3NO3S. The second-order valence-electron chi connectivity index (χ2n) is 4.92. The zero-order chi connectivity index (χ0) is 17.4. The van der Waals surface area contributed by atoms with Gasteiger partial charge in [0.15, 0.2) is 0 Å². The fourth-order valence-electron chi connectivity index (χ4n) is 2.23. The number of benzene rings is 2. The van der Waals surface area contributed by atoms with E-state index in [1.165, 1.54) is 24.4 Å². The van der Waals surface area contributed by atoms with E-state index in [4.69, 9.17) is 0 Å². The normalized spacial score (nSPS) is 12.3. The van der Waals surface area contributed by atoms with Crippen LogP contribution in [0.3, 0.4) is 0 Å². The molecule has 4 nitrogen and oxygen atoms in total. The van der Waals surface area contributed by atoms with Crippen LogP contribution in [0.25, 0.3) is 21.9 Å². The smallest absolute Gasteiger partial charge is 0.376 e. The lowest BCUT2D eigenvalue weighted by molar-refractivity contribution is -0.0500. The summed E-state index contributed by atoms with van der Waals surface area (Å²) in [6.45, 7) is 0. The van der Waals surface area contributed by atoms with Gasteiger partial charge in [-0.3, -0.25) is 4.98 Å². The molecule has 3 rings (SSSR count). The highest BCUT2D eigenvalue weighted by molar-refractivity contribution is 7.88. The quantitative estimate of drug-likeness (QED) is 0.525. The molecule has 0 fully saturated rings. The fraction of sp³-hybridized carbons (Fsp3) is 0.0625. The van der Waals surface area contributed by atoms with E-state index < -0.39 is 21.4 Å². The first-order chi connectivity index (χ1) is 11.3. The molecule has 0 amide bonds. The molecule has 0 saturated carbocycles. The van der Waals surface area contributed by atoms with Crippen molar-refractivity contribution in [2.75, 3.05) is 0 Å². The number of rotatable bonds is 3. The van der Waals surface area contributed by atoms with Crippen LogP contribution in [0.15, 0.2) is 60.9 Å². The minimum atomic E-state index is -5.70. The summed E-state index contributed by atoms with van der Waals surface area (Å²) < 4.78 is 63.5. The van der Waals surface area contributed by atoms with Crippen molar-refractivity contribution in [3.8, 4) is 16.9 Å². The second kappa shape index (κ2) is 5.79. The standard InChI is InChI=1S/C16H10F3NO3S/c17-16(18,19)24(21,22)23-13-6-7-14-12(8-13)9-20-10-15(14)11-4-2-1-3-5-11/h1-10H. The Bertz CT molecular complexity index is 986. The number of halogens is 3. The largest absolute Gasteiger partial charge is 0.534 e. The predicted molar refractivity (Wildman–Crippen MR) is 82.8 cm³/mol. The van der Waals surface area contributed by atoms with Gasteiger partial charge in [-0.1, -0.05) is 30.3 Å². The molecule has 124 valence electrons. The van der Waals surface area contributed by atoms with E-state index in [0.29, 0.717) is 10.8 Å². The van der Waals surface area contributed by atoms with Crippen molar-refractivity contribution in [3.63, 3.8) is 0 Å². The molecule has 0 aliphatic carbocycles. The van der Waals surface area contributed by atoms with Crippen molar-refractivity contribution >= 4 is 20.9 Å². The molecule has 0 aliphatic rings. The minimum Gasteiger partial charge on any atom is -0.376 e. The summed E-state index contributed by atoms with van der Waals surface area (Å²) >= 11 is 0. The van der Waals surface area contributed by atoms with E-state index in [1.807, 2.05) is 30.3 Å². The molecule has 24 heavy (non-hydrogen) atoms. The maximum Gasteiger partial charge on any atom is 0.534 e. The van der Waals surface area contributed by atoms with Crippen LogP contribution in [-0.2, 0) is 10.1 Å². The van der Waals surface area contributed by atoms with Crippen LogP contribution in [0.4, 0.5) is 13.2 Å². The molecule has 8 heteroatoms. The number of nitrogens with zero attached hydrogens (tertiary/aromatic N) is 1. The predicted octanol–water partition coefficient (Wildman–Crippen LogP) is 4.13. The molecule has 1 heterocycles. The summed E-state index contributed by atoms with van der Waals surface area (Å²) in [7, 11) is -5.70. The first-order valence-corrected chi connectivity index (χ1v) is 8.13. The van der Waals surface area contributed by atoms with Crippen LogP contribution < -0.4 is 4.18 Å². The molecular weight excluding hydrogens is 343 g/mol. The third-order valence-electron chi connectivity index (χ3n) is 3.30. The molecule has 0 aliphatic heterocycles. The maximum atomic E-state index is 12.4. The van der Waals surface area contributed by atoms with Crippen LogP contribution in [-0.4, -0.2) is 18.9 Å². The summed E-state index contributed by atoms with van der Waals surface area (Å²) in [5.41, 5.74) is -3.82. The third kappa shape index (κ3) is 3.05. The SMILES string of the molecule is O=S(=O)(Oc1ccc2c(-c3ccccc3)cncc2c1)C(F)(F)F.